The van der Waals surface area contributed by atoms with Crippen LogP contribution in [0.25, 0.3) is 10.9 Å². The number of hydrogen-bond acceptors (Lipinski definition) is 2. The Bertz CT molecular complexity index is 559. The number of aromatic amines is 1. The summed E-state index contributed by atoms with van der Waals surface area (Å²) < 4.78 is 12.9. The van der Waals surface area contributed by atoms with Gasteiger partial charge in [0.25, 0.3) is 0 Å². The van der Waals surface area contributed by atoms with Crippen LogP contribution >= 0.6 is 0 Å². The number of hydrogen-bond donors (Lipinski definition) is 2. The molecule has 4 nitrogen and oxygen atoms in total. The van der Waals surface area contributed by atoms with E-state index in [2.05, 4.69) is 4.98 Å². The topological polar surface area (TPSA) is 70.2 Å². The number of aromatic nitrogens is 1. The maximum Gasteiger partial charge on any atom is 0.353 e. The minimum Gasteiger partial charge on any atom is -0.477 e. The van der Waals surface area contributed by atoms with E-state index in [0.717, 1.165) is 6.07 Å². The summed E-state index contributed by atoms with van der Waals surface area (Å²) in [6.45, 7) is 0. The number of benzene rings is 1. The zero-order valence-corrected chi connectivity index (χ0v) is 7.45. The number of carbonyl (C=O) groups is 2. The van der Waals surface area contributed by atoms with Gasteiger partial charge in [0.1, 0.15) is 11.5 Å². The highest BCUT2D eigenvalue weighted by atomic mass is 19.1. The maximum atomic E-state index is 12.9. The van der Waals surface area contributed by atoms with Crippen molar-refractivity contribution in [3.63, 3.8) is 0 Å². The van der Waals surface area contributed by atoms with Gasteiger partial charge in [0.05, 0.1) is 5.56 Å². The van der Waals surface area contributed by atoms with Crippen LogP contribution in [0.4, 0.5) is 4.39 Å². The van der Waals surface area contributed by atoms with Gasteiger partial charge in [-0.3, -0.25) is 4.79 Å². The highest BCUT2D eigenvalue weighted by Crippen LogP contribution is 2.21. The number of carbonyl (C=O) groups excluding carboxylic acids is 1. The molecule has 2 N–H and O–H groups in total. The highest BCUT2D eigenvalue weighted by molar-refractivity contribution is 6.07. The van der Waals surface area contributed by atoms with Gasteiger partial charge in [-0.15, -0.1) is 0 Å². The summed E-state index contributed by atoms with van der Waals surface area (Å²) in [5, 5.41) is 9.06. The molecule has 15 heavy (non-hydrogen) atoms. The molecule has 0 unspecified atom stereocenters. The fourth-order valence-corrected chi connectivity index (χ4v) is 1.48. The largest absolute Gasteiger partial charge is 0.477 e. The standard InChI is InChI=1S/C10H6FNO3/c11-5-1-2-8-6(3-5)7(4-13)9(12-8)10(14)15/h1-4,12H,(H,14,15). The molecule has 2 rings (SSSR count). The summed E-state index contributed by atoms with van der Waals surface area (Å²) >= 11 is 0. The van der Waals surface area contributed by atoms with Crippen LogP contribution < -0.4 is 0 Å². The first-order valence-electron chi connectivity index (χ1n) is 4.13. The molecule has 0 spiro atoms. The van der Waals surface area contributed by atoms with E-state index in [1.54, 1.807) is 0 Å². The molecule has 0 radical (unpaired) electrons. The fourth-order valence-electron chi connectivity index (χ4n) is 1.48. The third-order valence-electron chi connectivity index (χ3n) is 2.13. The second-order valence-electron chi connectivity index (χ2n) is 3.03. The van der Waals surface area contributed by atoms with Crippen molar-refractivity contribution in [2.24, 2.45) is 0 Å². The molecule has 0 bridgehead atoms. The summed E-state index contributed by atoms with van der Waals surface area (Å²) in [6.07, 6.45) is 0.404. The Hall–Kier alpha value is -2.17. The van der Waals surface area contributed by atoms with Crippen molar-refractivity contribution < 1.29 is 19.1 Å². The lowest BCUT2D eigenvalue weighted by atomic mass is 10.1. The minimum absolute atomic E-state index is 0.0306. The van der Waals surface area contributed by atoms with E-state index < -0.39 is 11.8 Å². The van der Waals surface area contributed by atoms with E-state index in [1.807, 2.05) is 0 Å². The fraction of sp³-hybridized carbons (Fsp3) is 0. The molecule has 0 aliphatic carbocycles. The number of halogens is 1. The Balaban J connectivity index is 2.85. The van der Waals surface area contributed by atoms with Gasteiger partial charge in [0, 0.05) is 10.9 Å². The Morgan fingerprint density at radius 2 is 2.20 bits per heavy atom. The second-order valence-corrected chi connectivity index (χ2v) is 3.03. The van der Waals surface area contributed by atoms with Crippen molar-refractivity contribution in [3.05, 3.63) is 35.3 Å². The second kappa shape index (κ2) is 3.20. The lowest BCUT2D eigenvalue weighted by Gasteiger charge is -1.90. The molecule has 5 heteroatoms. The predicted molar refractivity (Wildman–Crippen MR) is 50.6 cm³/mol. The summed E-state index contributed by atoms with van der Waals surface area (Å²) in [4.78, 5) is 24.0. The molecule has 0 atom stereocenters. The monoisotopic (exact) mass is 207 g/mol. The van der Waals surface area contributed by atoms with Gasteiger partial charge in [-0.1, -0.05) is 0 Å². The quantitative estimate of drug-likeness (QED) is 0.738. The zero-order chi connectivity index (χ0) is 11.0. The molecule has 0 saturated heterocycles. The van der Waals surface area contributed by atoms with Crippen LogP contribution in [0.1, 0.15) is 20.8 Å². The number of nitrogens with one attached hydrogen (secondary N) is 1. The Morgan fingerprint density at radius 1 is 1.47 bits per heavy atom. The molecule has 0 aliphatic rings. The molecule has 1 aromatic heterocycles. The highest BCUT2D eigenvalue weighted by Gasteiger charge is 2.16. The molecule has 1 heterocycles. The lowest BCUT2D eigenvalue weighted by Crippen LogP contribution is -2.00. The predicted octanol–water partition coefficient (Wildman–Crippen LogP) is 1.82. The average molecular weight is 207 g/mol. The summed E-state index contributed by atoms with van der Waals surface area (Å²) in [5.74, 6) is -1.75. The average Bonchev–Trinajstić information content (AvgIpc) is 2.55. The van der Waals surface area contributed by atoms with E-state index in [-0.39, 0.29) is 16.6 Å². The first kappa shape index (κ1) is 9.39. The molecule has 0 amide bonds. The smallest absolute Gasteiger partial charge is 0.353 e. The number of carboxylic acid groups (broad SMARTS) is 1. The van der Waals surface area contributed by atoms with E-state index in [0.29, 0.717) is 11.8 Å². The lowest BCUT2D eigenvalue weighted by molar-refractivity contribution is 0.0688. The molecule has 1 aromatic carbocycles. The van der Waals surface area contributed by atoms with E-state index in [1.165, 1.54) is 12.1 Å². The minimum atomic E-state index is -1.24. The molecule has 76 valence electrons. The van der Waals surface area contributed by atoms with Crippen LogP contribution in [0, 0.1) is 5.82 Å². The number of aldehydes is 1. The van der Waals surface area contributed by atoms with Crippen LogP contribution in [0.2, 0.25) is 0 Å². The maximum absolute atomic E-state index is 12.9. The molecule has 2 aromatic rings. The summed E-state index contributed by atoms with van der Waals surface area (Å²) in [6, 6.07) is 3.71. The third-order valence-corrected chi connectivity index (χ3v) is 2.13. The molecular formula is C10H6FNO3. The van der Waals surface area contributed by atoms with Crippen molar-refractivity contribution in [2.75, 3.05) is 0 Å². The van der Waals surface area contributed by atoms with Gasteiger partial charge >= 0.3 is 5.97 Å². The Morgan fingerprint density at radius 3 is 2.80 bits per heavy atom. The van der Waals surface area contributed by atoms with Crippen molar-refractivity contribution in [1.82, 2.24) is 4.98 Å². The first-order valence-corrected chi connectivity index (χ1v) is 4.13. The number of fused-ring (bicyclic) bond motifs is 1. The number of carboxylic acids is 1. The van der Waals surface area contributed by atoms with Crippen LogP contribution in [-0.4, -0.2) is 22.3 Å². The zero-order valence-electron chi connectivity index (χ0n) is 7.45. The Labute approximate surface area is 83.3 Å². The van der Waals surface area contributed by atoms with Gasteiger partial charge in [-0.2, -0.15) is 0 Å². The van der Waals surface area contributed by atoms with Gasteiger partial charge in [-0.05, 0) is 18.2 Å². The van der Waals surface area contributed by atoms with Gasteiger partial charge in [0.2, 0.25) is 0 Å². The van der Waals surface area contributed by atoms with Gasteiger partial charge in [0.15, 0.2) is 6.29 Å². The molecule has 0 saturated carbocycles. The normalized spacial score (nSPS) is 10.5. The van der Waals surface area contributed by atoms with Crippen LogP contribution in [0.5, 0.6) is 0 Å². The van der Waals surface area contributed by atoms with Crippen molar-refractivity contribution in [1.29, 1.82) is 0 Å². The van der Waals surface area contributed by atoms with Crippen molar-refractivity contribution in [3.8, 4) is 0 Å². The van der Waals surface area contributed by atoms with Crippen LogP contribution in [-0.2, 0) is 0 Å². The van der Waals surface area contributed by atoms with Crippen LogP contribution in [0.3, 0.4) is 0 Å². The Kier molecular flexibility index (Phi) is 2.00. The third kappa shape index (κ3) is 1.38. The van der Waals surface area contributed by atoms with Crippen LogP contribution in [0.15, 0.2) is 18.2 Å². The van der Waals surface area contributed by atoms with Crippen molar-refractivity contribution >= 4 is 23.2 Å². The SMILES string of the molecule is O=Cc1c(C(=O)O)[nH]c2ccc(F)cc12. The summed E-state index contributed by atoms with van der Waals surface area (Å²) in [5.41, 5.74) is 0.179. The number of H-pyrrole nitrogens is 1. The molecule has 0 aliphatic heterocycles. The number of aromatic carboxylic acids is 1. The van der Waals surface area contributed by atoms with E-state index >= 15 is 0 Å². The molecule has 0 fully saturated rings. The van der Waals surface area contributed by atoms with Crippen molar-refractivity contribution in [2.45, 2.75) is 0 Å². The first-order chi connectivity index (χ1) is 7.13. The van der Waals surface area contributed by atoms with E-state index in [4.69, 9.17) is 5.11 Å². The summed E-state index contributed by atoms with van der Waals surface area (Å²) in [7, 11) is 0. The van der Waals surface area contributed by atoms with Gasteiger partial charge in [-0.25, -0.2) is 9.18 Å². The van der Waals surface area contributed by atoms with E-state index in [9.17, 15) is 14.0 Å². The molecular weight excluding hydrogens is 201 g/mol. The number of rotatable bonds is 2. The van der Waals surface area contributed by atoms with Gasteiger partial charge < -0.3 is 10.1 Å².